The molecule has 12 heteroatoms. The summed E-state index contributed by atoms with van der Waals surface area (Å²) in [4.78, 5) is 4.83. The molecule has 4 aromatic rings. The summed E-state index contributed by atoms with van der Waals surface area (Å²) in [7, 11) is 3.94. The summed E-state index contributed by atoms with van der Waals surface area (Å²) in [6.07, 6.45) is 3.96. The van der Waals surface area contributed by atoms with Gasteiger partial charge in [0.2, 0.25) is 0 Å². The van der Waals surface area contributed by atoms with Crippen molar-refractivity contribution in [3.8, 4) is 0 Å². The number of aryl methyl sites for hydroxylation is 2. The lowest BCUT2D eigenvalue weighted by Gasteiger charge is -2.37. The van der Waals surface area contributed by atoms with Gasteiger partial charge in [0.15, 0.2) is 0 Å². The van der Waals surface area contributed by atoms with Gasteiger partial charge < -0.3 is 34.6 Å². The first-order valence-electron chi connectivity index (χ1n) is 11.1. The van der Waals surface area contributed by atoms with Crippen LogP contribution in [0.15, 0.2) is 92.1 Å². The van der Waals surface area contributed by atoms with E-state index in [0.717, 1.165) is 47.8 Å². The van der Waals surface area contributed by atoms with Crippen LogP contribution in [-0.4, -0.2) is 26.2 Å². The fourth-order valence-corrected chi connectivity index (χ4v) is 5.09. The molecule has 0 amide bonds. The first kappa shape index (κ1) is 27.7. The molecule has 3 heterocycles. The molecule has 1 fully saturated rings. The standard InChI is InChI=1S/C24H26N8S2.2ClH/c1-29-15-17-33-23(29)27-25-19-3-7-21(8-4-19)31-11-13-32(14-12-31)22-9-5-20(6-10-22)26-28-24-30(2)16-18-34-24;;/h3-10,15-18H,11-14H2,1-2H3;2*1H/q+2;;/p-2. The Morgan fingerprint density at radius 3 is 1.25 bits per heavy atom. The van der Waals surface area contributed by atoms with E-state index in [2.05, 4.69) is 54.5 Å². The van der Waals surface area contributed by atoms with Crippen molar-refractivity contribution in [2.75, 3.05) is 36.0 Å². The fraction of sp³-hybridized carbons (Fsp3) is 0.250. The lowest BCUT2D eigenvalue weighted by molar-refractivity contribution is -0.654. The molecule has 0 aliphatic carbocycles. The molecule has 0 N–H and O–H groups in total. The normalized spacial score (nSPS) is 13.7. The zero-order chi connectivity index (χ0) is 23.3. The Bertz CT molecular complexity index is 1190. The van der Waals surface area contributed by atoms with Crippen molar-refractivity contribution in [1.82, 2.24) is 0 Å². The van der Waals surface area contributed by atoms with Crippen LogP contribution in [0, 0.1) is 0 Å². The van der Waals surface area contributed by atoms with Crippen molar-refractivity contribution in [2.45, 2.75) is 0 Å². The first-order chi connectivity index (χ1) is 16.7. The minimum absolute atomic E-state index is 0. The molecule has 0 unspecified atom stereocenters. The van der Waals surface area contributed by atoms with Gasteiger partial charge in [-0.3, -0.25) is 0 Å². The van der Waals surface area contributed by atoms with Crippen LogP contribution in [0.1, 0.15) is 0 Å². The molecule has 1 aliphatic heterocycles. The number of thiazole rings is 2. The molecule has 5 rings (SSSR count). The third-order valence-corrected chi connectivity index (χ3v) is 7.41. The third-order valence-electron chi connectivity index (χ3n) is 5.73. The molecule has 1 aliphatic rings. The number of rotatable bonds is 6. The van der Waals surface area contributed by atoms with E-state index in [4.69, 9.17) is 0 Å². The van der Waals surface area contributed by atoms with Gasteiger partial charge in [-0.05, 0) is 81.4 Å². The summed E-state index contributed by atoms with van der Waals surface area (Å²) in [5.41, 5.74) is 4.16. The Labute approximate surface area is 231 Å². The van der Waals surface area contributed by atoms with Crippen LogP contribution in [0.3, 0.4) is 0 Å². The molecule has 0 saturated carbocycles. The molecule has 1 saturated heterocycles. The lowest BCUT2D eigenvalue weighted by atomic mass is 10.2. The number of halogens is 2. The SMILES string of the molecule is C[n+]1ccsc1N=Nc1ccc(N2CCN(c3ccc(N=Nc4scc[n+]4C)cc3)CC2)cc1.[Cl-].[Cl-]. The molecule has 36 heavy (non-hydrogen) atoms. The maximum Gasteiger partial charge on any atom is 0.408 e. The Morgan fingerprint density at radius 2 is 0.944 bits per heavy atom. The summed E-state index contributed by atoms with van der Waals surface area (Å²) in [6, 6.07) is 16.6. The van der Waals surface area contributed by atoms with Gasteiger partial charge in [0.1, 0.15) is 23.8 Å². The van der Waals surface area contributed by atoms with E-state index < -0.39 is 0 Å². The maximum absolute atomic E-state index is 4.36. The van der Waals surface area contributed by atoms with E-state index in [9.17, 15) is 0 Å². The maximum atomic E-state index is 4.36. The highest BCUT2D eigenvalue weighted by Gasteiger charge is 2.18. The first-order valence-corrected chi connectivity index (χ1v) is 12.8. The van der Waals surface area contributed by atoms with E-state index in [1.54, 1.807) is 22.7 Å². The molecule has 0 bridgehead atoms. The molecular weight excluding hydrogens is 535 g/mol. The van der Waals surface area contributed by atoms with Crippen molar-refractivity contribution in [2.24, 2.45) is 34.6 Å². The van der Waals surface area contributed by atoms with Gasteiger partial charge in [0.05, 0.1) is 24.3 Å². The van der Waals surface area contributed by atoms with Gasteiger partial charge in [-0.15, -0.1) is 0 Å². The van der Waals surface area contributed by atoms with Crippen molar-refractivity contribution in [3.05, 3.63) is 71.7 Å². The Hall–Kier alpha value is -2.92. The van der Waals surface area contributed by atoms with Crippen molar-refractivity contribution >= 4 is 55.7 Å². The van der Waals surface area contributed by atoms with Crippen LogP contribution in [0.4, 0.5) is 33.0 Å². The number of hydrogen-bond donors (Lipinski definition) is 0. The molecule has 0 atom stereocenters. The van der Waals surface area contributed by atoms with Crippen LogP contribution in [0.25, 0.3) is 0 Å². The second-order valence-corrected chi connectivity index (χ2v) is 9.75. The minimum Gasteiger partial charge on any atom is -1.00 e. The number of azo groups is 2. The summed E-state index contributed by atoms with van der Waals surface area (Å²) in [5, 5.41) is 23.1. The van der Waals surface area contributed by atoms with Crippen LogP contribution >= 0.6 is 22.7 Å². The zero-order valence-corrected chi connectivity index (χ0v) is 23.1. The number of hydrogen-bond acceptors (Lipinski definition) is 8. The van der Waals surface area contributed by atoms with Gasteiger partial charge in [0, 0.05) is 48.3 Å². The number of benzene rings is 2. The monoisotopic (exact) mass is 560 g/mol. The second kappa shape index (κ2) is 12.9. The van der Waals surface area contributed by atoms with E-state index in [1.165, 1.54) is 11.4 Å². The van der Waals surface area contributed by atoms with Crippen LogP contribution < -0.4 is 43.7 Å². The zero-order valence-electron chi connectivity index (χ0n) is 19.9. The third kappa shape index (κ3) is 6.64. The van der Waals surface area contributed by atoms with Gasteiger partial charge in [0.25, 0.3) is 0 Å². The molecular formula is C24H26Cl2N8S2. The topological polar surface area (TPSA) is 63.7 Å². The highest BCUT2D eigenvalue weighted by molar-refractivity contribution is 7.13. The molecule has 2 aromatic carbocycles. The molecule has 2 aromatic heterocycles. The van der Waals surface area contributed by atoms with Crippen molar-refractivity contribution in [3.63, 3.8) is 0 Å². The van der Waals surface area contributed by atoms with Crippen LogP contribution in [0.5, 0.6) is 0 Å². The molecule has 8 nitrogen and oxygen atoms in total. The van der Waals surface area contributed by atoms with Crippen molar-refractivity contribution < 1.29 is 33.9 Å². The minimum atomic E-state index is 0. The highest BCUT2D eigenvalue weighted by atomic mass is 35.5. The van der Waals surface area contributed by atoms with E-state index >= 15 is 0 Å². The molecule has 0 spiro atoms. The quantitative estimate of drug-likeness (QED) is 0.238. The number of nitrogens with zero attached hydrogens (tertiary/aromatic N) is 8. The van der Waals surface area contributed by atoms with E-state index in [-0.39, 0.29) is 24.8 Å². The summed E-state index contributed by atoms with van der Waals surface area (Å²) >= 11 is 3.15. The second-order valence-electron chi connectivity index (χ2n) is 8.00. The van der Waals surface area contributed by atoms with Gasteiger partial charge in [-0.25, -0.2) is 9.13 Å². The van der Waals surface area contributed by atoms with Gasteiger partial charge >= 0.3 is 10.3 Å². The van der Waals surface area contributed by atoms with Crippen LogP contribution in [-0.2, 0) is 14.1 Å². The van der Waals surface area contributed by atoms with Crippen LogP contribution in [0.2, 0.25) is 0 Å². The Morgan fingerprint density at radius 1 is 0.583 bits per heavy atom. The lowest BCUT2D eigenvalue weighted by Crippen LogP contribution is -3.00. The molecule has 0 radical (unpaired) electrons. The largest absolute Gasteiger partial charge is 1.00 e. The van der Waals surface area contributed by atoms with Crippen molar-refractivity contribution in [1.29, 1.82) is 0 Å². The van der Waals surface area contributed by atoms with E-state index in [1.807, 2.05) is 70.6 Å². The predicted molar refractivity (Wildman–Crippen MR) is 137 cm³/mol. The fourth-order valence-electron chi connectivity index (χ4n) is 3.73. The summed E-state index contributed by atoms with van der Waals surface area (Å²) in [6.45, 7) is 3.90. The van der Waals surface area contributed by atoms with Gasteiger partial charge in [-0.1, -0.05) is 0 Å². The van der Waals surface area contributed by atoms with Gasteiger partial charge in [-0.2, -0.15) is 0 Å². The Kier molecular flexibility index (Phi) is 9.89. The number of anilines is 2. The average molecular weight is 562 g/mol. The number of aromatic nitrogens is 2. The number of piperazine rings is 1. The summed E-state index contributed by atoms with van der Waals surface area (Å²) in [5.74, 6) is 0. The van der Waals surface area contributed by atoms with E-state index in [0.29, 0.717) is 0 Å². The molecule has 188 valence electrons. The highest BCUT2D eigenvalue weighted by Crippen LogP contribution is 2.26. The Balaban J connectivity index is 0.00000180. The summed E-state index contributed by atoms with van der Waals surface area (Å²) < 4.78 is 3.93. The average Bonchev–Trinajstić information content (AvgIpc) is 3.49. The predicted octanol–water partition coefficient (Wildman–Crippen LogP) is -0.376. The smallest absolute Gasteiger partial charge is 0.408 e.